The highest BCUT2D eigenvalue weighted by Crippen LogP contribution is 2.75. The fourth-order valence-electron chi connectivity index (χ4n) is 7.93. The number of hydrogen-bond donors (Lipinski definition) is 4. The Balaban J connectivity index is 1.74. The third kappa shape index (κ3) is 1.84. The molecule has 4 rings (SSSR count). The number of aliphatic hydroxyl groups is 4. The lowest BCUT2D eigenvalue weighted by Gasteiger charge is -2.66. The minimum atomic E-state index is -0.886. The van der Waals surface area contributed by atoms with E-state index in [9.17, 15) is 20.4 Å². The Kier molecular flexibility index (Phi) is 3.73. The van der Waals surface area contributed by atoms with E-state index in [0.29, 0.717) is 18.3 Å². The van der Waals surface area contributed by atoms with Gasteiger partial charge in [-0.1, -0.05) is 13.8 Å². The summed E-state index contributed by atoms with van der Waals surface area (Å²) in [6, 6.07) is 0. The van der Waals surface area contributed by atoms with E-state index < -0.39 is 17.1 Å². The molecule has 0 saturated heterocycles. The van der Waals surface area contributed by atoms with Crippen molar-refractivity contribution >= 4 is 0 Å². The van der Waals surface area contributed by atoms with Crippen LogP contribution in [-0.4, -0.2) is 45.3 Å². The van der Waals surface area contributed by atoms with Crippen molar-refractivity contribution in [3.8, 4) is 0 Å². The molecule has 4 aliphatic rings. The van der Waals surface area contributed by atoms with Gasteiger partial charge in [0.15, 0.2) is 0 Å². The van der Waals surface area contributed by atoms with E-state index in [2.05, 4.69) is 13.8 Å². The first-order valence-corrected chi connectivity index (χ1v) is 9.88. The monoisotopic (exact) mass is 338 g/mol. The van der Waals surface area contributed by atoms with Crippen molar-refractivity contribution in [3.63, 3.8) is 0 Å². The summed E-state index contributed by atoms with van der Waals surface area (Å²) in [5, 5.41) is 41.3. The molecular formula is C20H34O4. The Hall–Kier alpha value is -0.160. The van der Waals surface area contributed by atoms with Crippen molar-refractivity contribution in [2.45, 2.75) is 76.9 Å². The minimum absolute atomic E-state index is 0.0547. The highest BCUT2D eigenvalue weighted by molar-refractivity contribution is 5.19. The van der Waals surface area contributed by atoms with Crippen LogP contribution in [0.1, 0.15) is 65.2 Å². The van der Waals surface area contributed by atoms with Gasteiger partial charge in [0.05, 0.1) is 24.9 Å². The van der Waals surface area contributed by atoms with Crippen LogP contribution in [0.3, 0.4) is 0 Å². The van der Waals surface area contributed by atoms with Gasteiger partial charge in [0.25, 0.3) is 0 Å². The minimum Gasteiger partial charge on any atom is -0.396 e. The third-order valence-electron chi connectivity index (χ3n) is 9.54. The molecule has 0 aromatic carbocycles. The molecule has 2 bridgehead atoms. The molecule has 4 nitrogen and oxygen atoms in total. The zero-order chi connectivity index (χ0) is 17.4. The zero-order valence-electron chi connectivity index (χ0n) is 15.2. The molecule has 0 aromatic rings. The Bertz CT molecular complexity index is 524. The van der Waals surface area contributed by atoms with Gasteiger partial charge < -0.3 is 20.4 Å². The Morgan fingerprint density at radius 1 is 0.917 bits per heavy atom. The molecule has 0 amide bonds. The van der Waals surface area contributed by atoms with Crippen LogP contribution in [0.2, 0.25) is 0 Å². The molecule has 4 heteroatoms. The summed E-state index contributed by atoms with van der Waals surface area (Å²) in [6.07, 6.45) is 7.33. The average molecular weight is 338 g/mol. The summed E-state index contributed by atoms with van der Waals surface area (Å²) in [6.45, 7) is 4.43. The van der Waals surface area contributed by atoms with Crippen molar-refractivity contribution in [1.82, 2.24) is 0 Å². The van der Waals surface area contributed by atoms with Crippen LogP contribution in [0.4, 0.5) is 0 Å². The maximum absolute atomic E-state index is 10.9. The summed E-state index contributed by atoms with van der Waals surface area (Å²) in [5.41, 5.74) is -0.949. The van der Waals surface area contributed by atoms with Crippen LogP contribution in [-0.2, 0) is 0 Å². The molecule has 4 fully saturated rings. The van der Waals surface area contributed by atoms with Crippen molar-refractivity contribution in [2.75, 3.05) is 13.2 Å². The lowest BCUT2D eigenvalue weighted by atomic mass is 9.39. The molecule has 0 unspecified atom stereocenters. The van der Waals surface area contributed by atoms with Crippen LogP contribution in [0, 0.1) is 34.0 Å². The number of hydrogen-bond acceptors (Lipinski definition) is 4. The maximum atomic E-state index is 10.9. The first kappa shape index (κ1) is 17.3. The molecule has 8 atom stereocenters. The summed E-state index contributed by atoms with van der Waals surface area (Å²) < 4.78 is 0. The fourth-order valence-corrected chi connectivity index (χ4v) is 7.93. The normalized spacial score (nSPS) is 59.8. The molecular weight excluding hydrogens is 304 g/mol. The standard InChI is InChI=1S/C20H34O4/c1-17(11-21)15-4-3-13-9-14-10-19(13,7-8-20(14,24)12-22)18(15,2)6-5-16(17)23/h13-16,21-24H,3-12H2,1-2H3/t13-,14-,15-,16-,17+,18+,19+,20+/m1/s1. The van der Waals surface area contributed by atoms with E-state index in [1.54, 1.807) is 0 Å². The fraction of sp³-hybridized carbons (Fsp3) is 1.00. The lowest BCUT2D eigenvalue weighted by Crippen LogP contribution is -2.63. The molecule has 0 aromatic heterocycles. The SMILES string of the molecule is C[C@@]1(CO)[C@H](O)CC[C@@]2(C)[C@@H]1CC[C@@H]1C[C@@H]3C[C@@]12CC[C@]3(O)CO. The van der Waals surface area contributed by atoms with E-state index in [1.165, 1.54) is 0 Å². The number of fused-ring (bicyclic) bond motifs is 2. The average Bonchev–Trinajstić information content (AvgIpc) is 2.93. The Morgan fingerprint density at radius 3 is 2.33 bits per heavy atom. The molecule has 4 N–H and O–H groups in total. The largest absolute Gasteiger partial charge is 0.396 e. The highest BCUT2D eigenvalue weighted by atomic mass is 16.3. The number of rotatable bonds is 2. The second-order valence-corrected chi connectivity index (χ2v) is 10.0. The molecule has 4 saturated carbocycles. The van der Waals surface area contributed by atoms with Crippen LogP contribution >= 0.6 is 0 Å². The molecule has 0 radical (unpaired) electrons. The highest BCUT2D eigenvalue weighted by Gasteiger charge is 2.70. The van der Waals surface area contributed by atoms with Gasteiger partial charge in [0, 0.05) is 5.41 Å². The molecule has 24 heavy (non-hydrogen) atoms. The second-order valence-electron chi connectivity index (χ2n) is 10.0. The van der Waals surface area contributed by atoms with Crippen molar-refractivity contribution in [1.29, 1.82) is 0 Å². The summed E-state index contributed by atoms with van der Waals surface area (Å²) in [4.78, 5) is 0. The van der Waals surface area contributed by atoms with Gasteiger partial charge in [0.1, 0.15) is 0 Å². The topological polar surface area (TPSA) is 80.9 Å². The maximum Gasteiger partial charge on any atom is 0.0905 e. The van der Waals surface area contributed by atoms with E-state index >= 15 is 0 Å². The molecule has 4 aliphatic carbocycles. The predicted molar refractivity (Wildman–Crippen MR) is 91.2 cm³/mol. The van der Waals surface area contributed by atoms with Gasteiger partial charge >= 0.3 is 0 Å². The quantitative estimate of drug-likeness (QED) is 0.621. The van der Waals surface area contributed by atoms with Gasteiger partial charge in [-0.2, -0.15) is 0 Å². The van der Waals surface area contributed by atoms with Crippen LogP contribution in [0.25, 0.3) is 0 Å². The third-order valence-corrected chi connectivity index (χ3v) is 9.54. The van der Waals surface area contributed by atoms with Crippen molar-refractivity contribution in [2.24, 2.45) is 34.0 Å². The van der Waals surface area contributed by atoms with E-state index in [1.807, 2.05) is 0 Å². The molecule has 0 heterocycles. The van der Waals surface area contributed by atoms with Crippen LogP contribution in [0.5, 0.6) is 0 Å². The van der Waals surface area contributed by atoms with Gasteiger partial charge in [-0.15, -0.1) is 0 Å². The predicted octanol–water partition coefficient (Wildman–Crippen LogP) is 2.09. The van der Waals surface area contributed by atoms with Crippen molar-refractivity contribution in [3.05, 3.63) is 0 Å². The summed E-state index contributed by atoms with van der Waals surface area (Å²) in [7, 11) is 0. The van der Waals surface area contributed by atoms with Gasteiger partial charge in [-0.25, -0.2) is 0 Å². The first-order chi connectivity index (χ1) is 11.3. The van der Waals surface area contributed by atoms with E-state index in [4.69, 9.17) is 0 Å². The van der Waals surface area contributed by atoms with Crippen LogP contribution in [0.15, 0.2) is 0 Å². The van der Waals surface area contributed by atoms with Gasteiger partial charge in [0.2, 0.25) is 0 Å². The van der Waals surface area contributed by atoms with Gasteiger partial charge in [-0.3, -0.25) is 0 Å². The molecule has 138 valence electrons. The zero-order valence-corrected chi connectivity index (χ0v) is 15.2. The molecule has 1 spiro atoms. The summed E-state index contributed by atoms with van der Waals surface area (Å²) in [5.74, 6) is 1.18. The number of aliphatic hydroxyl groups excluding tert-OH is 3. The van der Waals surface area contributed by atoms with Crippen molar-refractivity contribution < 1.29 is 20.4 Å². The first-order valence-electron chi connectivity index (χ1n) is 9.88. The smallest absolute Gasteiger partial charge is 0.0905 e. The molecule has 0 aliphatic heterocycles. The van der Waals surface area contributed by atoms with Gasteiger partial charge in [-0.05, 0) is 80.0 Å². The van der Waals surface area contributed by atoms with E-state index in [0.717, 1.165) is 44.9 Å². The van der Waals surface area contributed by atoms with E-state index in [-0.39, 0.29) is 30.0 Å². The Labute approximate surface area is 145 Å². The second kappa shape index (κ2) is 5.18. The van der Waals surface area contributed by atoms with Crippen LogP contribution < -0.4 is 0 Å². The Morgan fingerprint density at radius 2 is 1.67 bits per heavy atom. The summed E-state index contributed by atoms with van der Waals surface area (Å²) >= 11 is 0. The lowest BCUT2D eigenvalue weighted by molar-refractivity contribution is -0.216.